The van der Waals surface area contributed by atoms with Gasteiger partial charge in [-0.15, -0.1) is 0 Å². The van der Waals surface area contributed by atoms with Gasteiger partial charge in [0.05, 0.1) is 12.6 Å². The first-order chi connectivity index (χ1) is 9.96. The van der Waals surface area contributed by atoms with E-state index in [0.717, 1.165) is 19.3 Å². The fraction of sp³-hybridized carbons (Fsp3) is 0.692. The van der Waals surface area contributed by atoms with Crippen molar-refractivity contribution in [2.75, 3.05) is 19.8 Å². The van der Waals surface area contributed by atoms with Gasteiger partial charge in [0, 0.05) is 18.9 Å². The molecular weight excluding hydrogens is 287 g/mol. The highest BCUT2D eigenvalue weighted by Crippen LogP contribution is 2.19. The fourth-order valence-electron chi connectivity index (χ4n) is 2.48. The lowest BCUT2D eigenvalue weighted by atomic mass is 10.0. The largest absolute Gasteiger partial charge is 0.411 e. The predicted molar refractivity (Wildman–Crippen MR) is 68.5 cm³/mol. The van der Waals surface area contributed by atoms with Gasteiger partial charge in [0.1, 0.15) is 13.2 Å². The van der Waals surface area contributed by atoms with Gasteiger partial charge in [0.25, 0.3) is 0 Å². The van der Waals surface area contributed by atoms with Crippen LogP contribution in [0.3, 0.4) is 0 Å². The van der Waals surface area contributed by atoms with Gasteiger partial charge in [-0.25, -0.2) is 0 Å². The van der Waals surface area contributed by atoms with Crippen molar-refractivity contribution in [1.82, 2.24) is 14.7 Å². The van der Waals surface area contributed by atoms with Gasteiger partial charge in [-0.1, -0.05) is 0 Å². The molecule has 1 atom stereocenters. The quantitative estimate of drug-likeness (QED) is 0.834. The molecule has 1 unspecified atom stereocenters. The molecule has 1 amide bonds. The molecule has 0 N–H and O–H groups in total. The zero-order chi connectivity index (χ0) is 15.3. The molecule has 0 bridgehead atoms. The Kier molecular flexibility index (Phi) is 5.22. The van der Waals surface area contributed by atoms with Gasteiger partial charge in [0.2, 0.25) is 5.91 Å². The zero-order valence-electron chi connectivity index (χ0n) is 11.6. The number of nitrogens with zero attached hydrogens (tertiary/aromatic N) is 3. The highest BCUT2D eigenvalue weighted by atomic mass is 19.4. The van der Waals surface area contributed by atoms with Crippen LogP contribution in [-0.4, -0.2) is 52.6 Å². The number of alkyl halides is 3. The number of halogens is 3. The molecule has 1 aliphatic rings. The summed E-state index contributed by atoms with van der Waals surface area (Å²) in [5.74, 6) is -0.392. The van der Waals surface area contributed by atoms with E-state index in [4.69, 9.17) is 0 Å². The first-order valence-corrected chi connectivity index (χ1v) is 6.87. The van der Waals surface area contributed by atoms with Crippen molar-refractivity contribution in [2.45, 2.75) is 38.0 Å². The minimum atomic E-state index is -4.41. The molecule has 8 heteroatoms. The Morgan fingerprint density at radius 3 is 2.86 bits per heavy atom. The summed E-state index contributed by atoms with van der Waals surface area (Å²) >= 11 is 0. The van der Waals surface area contributed by atoms with E-state index in [2.05, 4.69) is 9.84 Å². The lowest BCUT2D eigenvalue weighted by molar-refractivity contribution is -0.178. The van der Waals surface area contributed by atoms with Crippen LogP contribution in [0.2, 0.25) is 0 Å². The summed E-state index contributed by atoms with van der Waals surface area (Å²) in [7, 11) is 0. The van der Waals surface area contributed by atoms with Gasteiger partial charge in [0.15, 0.2) is 0 Å². The highest BCUT2D eigenvalue weighted by Gasteiger charge is 2.30. The van der Waals surface area contributed by atoms with Gasteiger partial charge < -0.3 is 9.64 Å². The number of amides is 1. The normalized spacial score (nSPS) is 19.8. The van der Waals surface area contributed by atoms with E-state index in [-0.39, 0.29) is 6.04 Å². The van der Waals surface area contributed by atoms with Crippen LogP contribution in [0.15, 0.2) is 18.5 Å². The number of hydrogen-bond donors (Lipinski definition) is 0. The third-order valence-corrected chi connectivity index (χ3v) is 3.40. The molecule has 0 aromatic carbocycles. The topological polar surface area (TPSA) is 47.4 Å². The van der Waals surface area contributed by atoms with E-state index in [1.165, 1.54) is 0 Å². The molecular formula is C13H18F3N3O2. The monoisotopic (exact) mass is 305 g/mol. The van der Waals surface area contributed by atoms with Gasteiger partial charge in [-0.05, 0) is 25.3 Å². The SMILES string of the molecule is O=C(COCC(F)(F)F)N1CCCCC1Cn1cccn1. The van der Waals surface area contributed by atoms with Crippen molar-refractivity contribution in [2.24, 2.45) is 0 Å². The first-order valence-electron chi connectivity index (χ1n) is 6.87. The summed E-state index contributed by atoms with van der Waals surface area (Å²) in [5, 5.41) is 4.10. The summed E-state index contributed by atoms with van der Waals surface area (Å²) < 4.78 is 42.2. The van der Waals surface area contributed by atoms with E-state index in [1.54, 1.807) is 28.0 Å². The zero-order valence-corrected chi connectivity index (χ0v) is 11.6. The van der Waals surface area contributed by atoms with Crippen molar-refractivity contribution >= 4 is 5.91 Å². The van der Waals surface area contributed by atoms with Crippen LogP contribution in [0.5, 0.6) is 0 Å². The Morgan fingerprint density at radius 2 is 2.19 bits per heavy atom. The lowest BCUT2D eigenvalue weighted by Gasteiger charge is -2.35. The summed E-state index contributed by atoms with van der Waals surface area (Å²) in [6.07, 6.45) is 1.74. The number of carbonyl (C=O) groups is 1. The van der Waals surface area contributed by atoms with Crippen molar-refractivity contribution in [3.8, 4) is 0 Å². The van der Waals surface area contributed by atoms with E-state index in [9.17, 15) is 18.0 Å². The van der Waals surface area contributed by atoms with Crippen molar-refractivity contribution in [1.29, 1.82) is 0 Å². The average molecular weight is 305 g/mol. The average Bonchev–Trinajstić information content (AvgIpc) is 2.90. The maximum absolute atomic E-state index is 12.0. The van der Waals surface area contributed by atoms with E-state index >= 15 is 0 Å². The summed E-state index contributed by atoms with van der Waals surface area (Å²) in [6.45, 7) is -0.816. The molecule has 1 aromatic heterocycles. The summed E-state index contributed by atoms with van der Waals surface area (Å²) in [6, 6.07) is 1.75. The molecule has 118 valence electrons. The Balaban J connectivity index is 1.87. The van der Waals surface area contributed by atoms with Gasteiger partial charge >= 0.3 is 6.18 Å². The third kappa shape index (κ3) is 5.04. The fourth-order valence-corrected chi connectivity index (χ4v) is 2.48. The van der Waals surface area contributed by atoms with Crippen LogP contribution < -0.4 is 0 Å². The maximum atomic E-state index is 12.0. The molecule has 0 radical (unpaired) electrons. The molecule has 0 saturated carbocycles. The lowest BCUT2D eigenvalue weighted by Crippen LogP contribution is -2.47. The van der Waals surface area contributed by atoms with Gasteiger partial charge in [-0.3, -0.25) is 9.48 Å². The van der Waals surface area contributed by atoms with Crippen LogP contribution in [0, 0.1) is 0 Å². The molecule has 2 rings (SSSR count). The maximum Gasteiger partial charge on any atom is 0.411 e. The van der Waals surface area contributed by atoms with Crippen LogP contribution in [0.1, 0.15) is 19.3 Å². The number of likely N-dealkylation sites (tertiary alicyclic amines) is 1. The van der Waals surface area contributed by atoms with Gasteiger partial charge in [-0.2, -0.15) is 18.3 Å². The predicted octanol–water partition coefficient (Wildman–Crippen LogP) is 1.84. The Labute approximate surface area is 120 Å². The van der Waals surface area contributed by atoms with Crippen molar-refractivity contribution in [3.63, 3.8) is 0 Å². The summed E-state index contributed by atoms with van der Waals surface area (Å²) in [5.41, 5.74) is 0. The van der Waals surface area contributed by atoms with E-state index < -0.39 is 25.3 Å². The number of ether oxygens (including phenoxy) is 1. The molecule has 1 aliphatic heterocycles. The van der Waals surface area contributed by atoms with Crippen molar-refractivity contribution < 1.29 is 22.7 Å². The highest BCUT2D eigenvalue weighted by molar-refractivity contribution is 5.77. The number of hydrogen-bond acceptors (Lipinski definition) is 3. The molecule has 5 nitrogen and oxygen atoms in total. The standard InChI is InChI=1S/C13H18F3N3O2/c14-13(15,16)10-21-9-12(20)19-7-2-1-4-11(19)8-18-6-3-5-17-18/h3,5-6,11H,1-2,4,7-10H2. The Bertz CT molecular complexity index is 448. The van der Waals surface area contributed by atoms with Crippen molar-refractivity contribution in [3.05, 3.63) is 18.5 Å². The molecule has 1 fully saturated rings. The minimum absolute atomic E-state index is 0.0411. The second-order valence-electron chi connectivity index (χ2n) is 5.07. The second-order valence-corrected chi connectivity index (χ2v) is 5.07. The minimum Gasteiger partial charge on any atom is -0.362 e. The van der Waals surface area contributed by atoms with Crippen LogP contribution in [-0.2, 0) is 16.1 Å². The number of piperidine rings is 1. The molecule has 1 saturated heterocycles. The number of carbonyl (C=O) groups excluding carboxylic acids is 1. The smallest absolute Gasteiger partial charge is 0.362 e. The van der Waals surface area contributed by atoms with E-state index in [0.29, 0.717) is 13.1 Å². The number of aromatic nitrogens is 2. The molecule has 21 heavy (non-hydrogen) atoms. The first kappa shape index (κ1) is 15.8. The van der Waals surface area contributed by atoms with E-state index in [1.807, 2.05) is 0 Å². The van der Waals surface area contributed by atoms with Crippen LogP contribution in [0.4, 0.5) is 13.2 Å². The van der Waals surface area contributed by atoms with Crippen LogP contribution >= 0.6 is 0 Å². The second kappa shape index (κ2) is 6.93. The molecule has 2 heterocycles. The Hall–Kier alpha value is -1.57. The number of rotatable bonds is 5. The molecule has 1 aromatic rings. The molecule has 0 spiro atoms. The molecule has 0 aliphatic carbocycles. The summed E-state index contributed by atoms with van der Waals surface area (Å²) in [4.78, 5) is 13.6. The van der Waals surface area contributed by atoms with Crippen LogP contribution in [0.25, 0.3) is 0 Å². The third-order valence-electron chi connectivity index (χ3n) is 3.40. The Morgan fingerprint density at radius 1 is 1.38 bits per heavy atom.